The van der Waals surface area contributed by atoms with Crippen LogP contribution in [0.2, 0.25) is 0 Å². The average Bonchev–Trinajstić information content (AvgIpc) is 2.75. The van der Waals surface area contributed by atoms with Crippen LogP contribution >= 0.6 is 0 Å². The lowest BCUT2D eigenvalue weighted by molar-refractivity contribution is 0.0527. The zero-order chi connectivity index (χ0) is 20.6. The molecule has 2 N–H and O–H groups in total. The van der Waals surface area contributed by atoms with Crippen LogP contribution in [0.4, 0.5) is 11.4 Å². The highest BCUT2D eigenvalue weighted by atomic mass is 16.5. The van der Waals surface area contributed by atoms with Crippen molar-refractivity contribution in [1.29, 1.82) is 0 Å². The average molecular weight is 385 g/mol. The van der Waals surface area contributed by atoms with E-state index in [1.165, 1.54) is 0 Å². The van der Waals surface area contributed by atoms with E-state index in [0.29, 0.717) is 22.4 Å². The summed E-state index contributed by atoms with van der Waals surface area (Å²) in [4.78, 5) is 12.8. The van der Waals surface area contributed by atoms with E-state index < -0.39 is 5.97 Å². The number of esters is 1. The summed E-state index contributed by atoms with van der Waals surface area (Å²) in [5, 5.41) is 14.2. The number of allylic oxidation sites excluding steroid dienone is 2. The number of benzene rings is 3. The Balaban J connectivity index is 2.27. The van der Waals surface area contributed by atoms with Crippen LogP contribution in [0.3, 0.4) is 0 Å². The number of hydrogen-bond acceptors (Lipinski definition) is 4. The van der Waals surface area contributed by atoms with Gasteiger partial charge in [0.2, 0.25) is 0 Å². The minimum Gasteiger partial charge on any atom is -0.505 e. The fraction of sp³-hybridized carbons (Fsp3) is 0.0800. The molecule has 0 radical (unpaired) electrons. The minimum absolute atomic E-state index is 0.0406. The molecule has 0 saturated carbocycles. The van der Waals surface area contributed by atoms with Crippen LogP contribution in [0.15, 0.2) is 85.5 Å². The fourth-order valence-corrected chi connectivity index (χ4v) is 3.08. The van der Waals surface area contributed by atoms with E-state index in [2.05, 4.69) is 11.9 Å². The molecule has 0 aliphatic carbocycles. The second-order valence-corrected chi connectivity index (χ2v) is 6.28. The van der Waals surface area contributed by atoms with Crippen LogP contribution in [0.5, 0.6) is 5.75 Å². The summed E-state index contributed by atoms with van der Waals surface area (Å²) in [6.07, 6.45) is 5.09. The van der Waals surface area contributed by atoms with E-state index in [1.807, 2.05) is 60.7 Å². The molecule has 0 bridgehead atoms. The van der Waals surface area contributed by atoms with Crippen molar-refractivity contribution in [2.75, 3.05) is 11.9 Å². The summed E-state index contributed by atoms with van der Waals surface area (Å²) in [6, 6.07) is 20.6. The number of rotatable bonds is 7. The Labute approximate surface area is 170 Å². The molecule has 4 nitrogen and oxygen atoms in total. The number of carbonyl (C=O) groups excluding carboxylic acids is 1. The second-order valence-electron chi connectivity index (χ2n) is 6.28. The third-order valence-corrected chi connectivity index (χ3v) is 4.35. The first-order valence-electron chi connectivity index (χ1n) is 9.39. The summed E-state index contributed by atoms with van der Waals surface area (Å²) in [7, 11) is 0. The highest BCUT2D eigenvalue weighted by molar-refractivity contribution is 6.03. The van der Waals surface area contributed by atoms with E-state index in [4.69, 9.17) is 4.74 Å². The van der Waals surface area contributed by atoms with Crippen LogP contribution in [-0.2, 0) is 4.74 Å². The van der Waals surface area contributed by atoms with E-state index in [-0.39, 0.29) is 12.4 Å². The van der Waals surface area contributed by atoms with Gasteiger partial charge in [-0.15, -0.1) is 0 Å². The number of para-hydroxylation sites is 1. The maximum Gasteiger partial charge on any atom is 0.338 e. The lowest BCUT2D eigenvalue weighted by Crippen LogP contribution is -2.09. The Kier molecular flexibility index (Phi) is 6.48. The van der Waals surface area contributed by atoms with Gasteiger partial charge in [-0.2, -0.15) is 0 Å². The Morgan fingerprint density at radius 3 is 2.38 bits per heavy atom. The zero-order valence-corrected chi connectivity index (χ0v) is 16.3. The van der Waals surface area contributed by atoms with Crippen molar-refractivity contribution >= 4 is 23.4 Å². The summed E-state index contributed by atoms with van der Waals surface area (Å²) < 4.78 is 5.30. The number of phenols is 1. The quantitative estimate of drug-likeness (QED) is 0.290. The maximum absolute atomic E-state index is 12.8. The summed E-state index contributed by atoms with van der Waals surface area (Å²) in [6.45, 7) is 5.73. The number of ether oxygens (including phenoxy) is 1. The Bertz CT molecular complexity index is 1020. The van der Waals surface area contributed by atoms with Crippen molar-refractivity contribution in [3.05, 3.63) is 96.6 Å². The second kappa shape index (κ2) is 9.42. The standard InChI is InChI=1S/C25H23NO3/c1-3-5-16-20-23(18-12-8-6-9-13-18)21(25(28)29-4-2)17-22(24(20)27)26-19-14-10-7-11-15-19/h3,5-17,26-27H,1,4H2,2H3/b16-5-. The Morgan fingerprint density at radius 2 is 1.76 bits per heavy atom. The van der Waals surface area contributed by atoms with E-state index in [0.717, 1.165) is 11.3 Å². The molecule has 0 unspecified atom stereocenters. The zero-order valence-electron chi connectivity index (χ0n) is 16.3. The van der Waals surface area contributed by atoms with Crippen molar-refractivity contribution in [3.63, 3.8) is 0 Å². The number of aromatic hydroxyl groups is 1. The van der Waals surface area contributed by atoms with Crippen molar-refractivity contribution in [2.24, 2.45) is 0 Å². The molecule has 3 aromatic rings. The normalized spacial score (nSPS) is 10.7. The lowest BCUT2D eigenvalue weighted by Gasteiger charge is -2.18. The first-order chi connectivity index (χ1) is 14.2. The van der Waals surface area contributed by atoms with E-state index >= 15 is 0 Å². The van der Waals surface area contributed by atoms with Crippen molar-refractivity contribution in [2.45, 2.75) is 6.92 Å². The SMILES string of the molecule is C=C/C=C\c1c(O)c(Nc2ccccc2)cc(C(=O)OCC)c1-c1ccccc1. The maximum atomic E-state index is 12.8. The number of anilines is 2. The van der Waals surface area contributed by atoms with Gasteiger partial charge in [0.25, 0.3) is 0 Å². The van der Waals surface area contributed by atoms with Crippen LogP contribution in [0, 0.1) is 0 Å². The molecule has 0 amide bonds. The number of hydrogen-bond donors (Lipinski definition) is 2. The molecular weight excluding hydrogens is 362 g/mol. The smallest absolute Gasteiger partial charge is 0.338 e. The number of nitrogens with one attached hydrogen (secondary N) is 1. The molecule has 0 fully saturated rings. The van der Waals surface area contributed by atoms with Gasteiger partial charge < -0.3 is 15.2 Å². The molecule has 0 saturated heterocycles. The van der Waals surface area contributed by atoms with Gasteiger partial charge in [-0.3, -0.25) is 0 Å². The monoisotopic (exact) mass is 385 g/mol. The predicted molar refractivity (Wildman–Crippen MR) is 118 cm³/mol. The van der Waals surface area contributed by atoms with Gasteiger partial charge in [0.15, 0.2) is 0 Å². The molecule has 3 rings (SSSR count). The van der Waals surface area contributed by atoms with Crippen LogP contribution in [0.25, 0.3) is 17.2 Å². The van der Waals surface area contributed by atoms with Gasteiger partial charge >= 0.3 is 5.97 Å². The van der Waals surface area contributed by atoms with Gasteiger partial charge in [0.05, 0.1) is 17.9 Å². The highest BCUT2D eigenvalue weighted by Crippen LogP contribution is 2.41. The van der Waals surface area contributed by atoms with Gasteiger partial charge in [0, 0.05) is 16.8 Å². The van der Waals surface area contributed by atoms with Gasteiger partial charge in [-0.1, -0.05) is 73.3 Å². The van der Waals surface area contributed by atoms with Crippen molar-refractivity contribution in [3.8, 4) is 16.9 Å². The van der Waals surface area contributed by atoms with Gasteiger partial charge in [0.1, 0.15) is 5.75 Å². The molecule has 0 spiro atoms. The third kappa shape index (κ3) is 4.55. The summed E-state index contributed by atoms with van der Waals surface area (Å²) >= 11 is 0. The van der Waals surface area contributed by atoms with E-state index in [9.17, 15) is 9.90 Å². The third-order valence-electron chi connectivity index (χ3n) is 4.35. The van der Waals surface area contributed by atoms with Crippen molar-refractivity contribution in [1.82, 2.24) is 0 Å². The van der Waals surface area contributed by atoms with Gasteiger partial charge in [-0.05, 0) is 30.7 Å². The molecule has 4 heteroatoms. The van der Waals surface area contributed by atoms with Crippen molar-refractivity contribution < 1.29 is 14.6 Å². The molecular formula is C25H23NO3. The molecule has 0 heterocycles. The molecule has 146 valence electrons. The fourth-order valence-electron chi connectivity index (χ4n) is 3.08. The molecule has 0 aromatic heterocycles. The van der Waals surface area contributed by atoms with Gasteiger partial charge in [-0.25, -0.2) is 4.79 Å². The largest absolute Gasteiger partial charge is 0.505 e. The molecule has 29 heavy (non-hydrogen) atoms. The van der Waals surface area contributed by atoms with Crippen LogP contribution in [0.1, 0.15) is 22.8 Å². The molecule has 3 aromatic carbocycles. The first kappa shape index (κ1) is 20.0. The Hall–Kier alpha value is -3.79. The highest BCUT2D eigenvalue weighted by Gasteiger charge is 2.22. The number of phenolic OH excluding ortho intramolecular Hbond substituents is 1. The summed E-state index contributed by atoms with van der Waals surface area (Å²) in [5.41, 5.74) is 3.52. The molecule has 0 atom stereocenters. The topological polar surface area (TPSA) is 58.6 Å². The number of carbonyl (C=O) groups is 1. The minimum atomic E-state index is -0.448. The lowest BCUT2D eigenvalue weighted by atomic mass is 9.92. The van der Waals surface area contributed by atoms with Crippen LogP contribution < -0.4 is 5.32 Å². The first-order valence-corrected chi connectivity index (χ1v) is 9.39. The Morgan fingerprint density at radius 1 is 1.10 bits per heavy atom. The van der Waals surface area contributed by atoms with Crippen LogP contribution in [-0.4, -0.2) is 17.7 Å². The predicted octanol–water partition coefficient (Wildman–Crippen LogP) is 6.18. The molecule has 0 aliphatic heterocycles. The molecule has 0 aliphatic rings. The van der Waals surface area contributed by atoms with E-state index in [1.54, 1.807) is 31.2 Å². The summed E-state index contributed by atoms with van der Waals surface area (Å²) in [5.74, 6) is -0.408.